The number of amides is 2. The standard InChI is InChI=1S/C30H29ClF2N4O3/c31-24-10-4-1-7-21(24)30(39)36(14-13-35-15-17-40-18-16-35)20-29(38)37-28(23-9-3-6-12-26(23)33)19-27(34-37)22-8-2-5-11-25(22)32/h1-12,28H,13-20H2/t28-/m0/s1. The lowest BCUT2D eigenvalue weighted by molar-refractivity contribution is -0.133. The number of rotatable bonds is 8. The first kappa shape index (κ1) is 27.9. The highest BCUT2D eigenvalue weighted by atomic mass is 35.5. The van der Waals surface area contributed by atoms with E-state index < -0.39 is 29.5 Å². The highest BCUT2D eigenvalue weighted by Crippen LogP contribution is 2.35. The molecule has 0 aliphatic carbocycles. The minimum atomic E-state index is -0.792. The second kappa shape index (κ2) is 12.7. The van der Waals surface area contributed by atoms with E-state index in [1.54, 1.807) is 60.7 Å². The molecule has 2 heterocycles. The third-order valence-corrected chi connectivity index (χ3v) is 7.45. The molecule has 3 aromatic carbocycles. The van der Waals surface area contributed by atoms with Gasteiger partial charge in [0.15, 0.2) is 0 Å². The second-order valence-corrected chi connectivity index (χ2v) is 10.1. The molecule has 0 aromatic heterocycles. The molecule has 0 N–H and O–H groups in total. The smallest absolute Gasteiger partial charge is 0.262 e. The van der Waals surface area contributed by atoms with Crippen molar-refractivity contribution in [2.75, 3.05) is 45.9 Å². The highest BCUT2D eigenvalue weighted by molar-refractivity contribution is 6.33. The summed E-state index contributed by atoms with van der Waals surface area (Å²) in [7, 11) is 0. The van der Waals surface area contributed by atoms with Gasteiger partial charge in [-0.15, -0.1) is 0 Å². The number of hydrazone groups is 1. The lowest BCUT2D eigenvalue weighted by Crippen LogP contribution is -2.46. The van der Waals surface area contributed by atoms with Crippen LogP contribution in [0.15, 0.2) is 77.9 Å². The number of hydrogen-bond donors (Lipinski definition) is 0. The molecule has 5 rings (SSSR count). The summed E-state index contributed by atoms with van der Waals surface area (Å²) in [5.74, 6) is -1.88. The van der Waals surface area contributed by atoms with Crippen LogP contribution in [-0.2, 0) is 9.53 Å². The van der Waals surface area contributed by atoms with Crippen molar-refractivity contribution in [1.29, 1.82) is 0 Å². The zero-order valence-electron chi connectivity index (χ0n) is 21.8. The van der Waals surface area contributed by atoms with Crippen LogP contribution < -0.4 is 0 Å². The molecule has 0 radical (unpaired) electrons. The fraction of sp³-hybridized carbons (Fsp3) is 0.300. The van der Waals surface area contributed by atoms with Crippen LogP contribution in [0.25, 0.3) is 0 Å². The van der Waals surface area contributed by atoms with Gasteiger partial charge in [-0.25, -0.2) is 13.8 Å². The molecule has 208 valence electrons. The fourth-order valence-corrected chi connectivity index (χ4v) is 5.18. The van der Waals surface area contributed by atoms with Gasteiger partial charge in [0, 0.05) is 43.7 Å². The Kier molecular flexibility index (Phi) is 8.84. The van der Waals surface area contributed by atoms with Gasteiger partial charge in [-0.05, 0) is 24.3 Å². The number of carbonyl (C=O) groups is 2. The SMILES string of the molecule is O=C(c1ccccc1Cl)N(CCN1CCOCC1)CC(=O)N1N=C(c2ccccc2F)C[C@H]1c1ccccc1F. The van der Waals surface area contributed by atoms with E-state index in [1.807, 2.05) is 0 Å². The molecule has 1 atom stereocenters. The van der Waals surface area contributed by atoms with Crippen LogP contribution in [0.3, 0.4) is 0 Å². The maximum absolute atomic E-state index is 14.9. The first-order chi connectivity index (χ1) is 19.4. The van der Waals surface area contributed by atoms with Crippen LogP contribution in [0.4, 0.5) is 8.78 Å². The quantitative estimate of drug-likeness (QED) is 0.394. The van der Waals surface area contributed by atoms with Crippen LogP contribution >= 0.6 is 11.6 Å². The van der Waals surface area contributed by atoms with Gasteiger partial charge >= 0.3 is 0 Å². The maximum atomic E-state index is 14.9. The molecule has 7 nitrogen and oxygen atoms in total. The van der Waals surface area contributed by atoms with Crippen molar-refractivity contribution in [2.45, 2.75) is 12.5 Å². The van der Waals surface area contributed by atoms with Crippen molar-refractivity contribution >= 4 is 29.1 Å². The van der Waals surface area contributed by atoms with Gasteiger partial charge in [0.05, 0.1) is 35.6 Å². The van der Waals surface area contributed by atoms with E-state index >= 15 is 0 Å². The molecule has 2 amide bonds. The van der Waals surface area contributed by atoms with Gasteiger partial charge in [-0.2, -0.15) is 5.10 Å². The molecule has 0 spiro atoms. The lowest BCUT2D eigenvalue weighted by Gasteiger charge is -2.31. The number of hydrogen-bond acceptors (Lipinski definition) is 5. The van der Waals surface area contributed by atoms with E-state index in [9.17, 15) is 18.4 Å². The Hall–Kier alpha value is -3.66. The van der Waals surface area contributed by atoms with Crippen molar-refractivity contribution in [3.05, 3.63) is 106 Å². The van der Waals surface area contributed by atoms with Crippen LogP contribution in [0.1, 0.15) is 33.9 Å². The van der Waals surface area contributed by atoms with Crippen molar-refractivity contribution < 1.29 is 23.1 Å². The third-order valence-electron chi connectivity index (χ3n) is 7.12. The topological polar surface area (TPSA) is 65.5 Å². The Morgan fingerprint density at radius 2 is 1.62 bits per heavy atom. The minimum Gasteiger partial charge on any atom is -0.379 e. The number of nitrogens with zero attached hydrogens (tertiary/aromatic N) is 4. The molecule has 2 aliphatic heterocycles. The molecule has 1 saturated heterocycles. The number of halogens is 3. The fourth-order valence-electron chi connectivity index (χ4n) is 4.97. The largest absolute Gasteiger partial charge is 0.379 e. The third kappa shape index (κ3) is 6.22. The van der Waals surface area contributed by atoms with E-state index in [-0.39, 0.29) is 41.2 Å². The molecule has 0 bridgehead atoms. The van der Waals surface area contributed by atoms with E-state index in [0.717, 1.165) is 13.1 Å². The summed E-state index contributed by atoms with van der Waals surface area (Å²) < 4.78 is 35.0. The predicted molar refractivity (Wildman–Crippen MR) is 148 cm³/mol. The molecular weight excluding hydrogens is 538 g/mol. The molecule has 2 aliphatic rings. The van der Waals surface area contributed by atoms with Crippen molar-refractivity contribution in [2.24, 2.45) is 5.10 Å². The Morgan fingerprint density at radius 3 is 2.35 bits per heavy atom. The van der Waals surface area contributed by atoms with Crippen LogP contribution in [-0.4, -0.2) is 78.3 Å². The van der Waals surface area contributed by atoms with Gasteiger partial charge in [-0.1, -0.05) is 60.1 Å². The molecule has 1 fully saturated rings. The van der Waals surface area contributed by atoms with Crippen molar-refractivity contribution in [3.8, 4) is 0 Å². The van der Waals surface area contributed by atoms with E-state index in [0.29, 0.717) is 25.5 Å². The summed E-state index contributed by atoms with van der Waals surface area (Å²) in [4.78, 5) is 31.0. The van der Waals surface area contributed by atoms with Gasteiger partial charge in [0.25, 0.3) is 11.8 Å². The average Bonchev–Trinajstić information content (AvgIpc) is 3.41. The summed E-state index contributed by atoms with van der Waals surface area (Å²) in [6.45, 7) is 3.13. The van der Waals surface area contributed by atoms with E-state index in [1.165, 1.54) is 22.0 Å². The molecule has 0 unspecified atom stereocenters. The summed E-state index contributed by atoms with van der Waals surface area (Å²) in [5.41, 5.74) is 1.12. The highest BCUT2D eigenvalue weighted by Gasteiger charge is 2.36. The summed E-state index contributed by atoms with van der Waals surface area (Å²) in [5, 5.41) is 5.94. The van der Waals surface area contributed by atoms with Crippen LogP contribution in [0.2, 0.25) is 5.02 Å². The minimum absolute atomic E-state index is 0.125. The number of carbonyl (C=O) groups excluding carboxylic acids is 2. The predicted octanol–water partition coefficient (Wildman–Crippen LogP) is 4.77. The summed E-state index contributed by atoms with van der Waals surface area (Å²) in [6, 6.07) is 18.2. The Morgan fingerprint density at radius 1 is 0.950 bits per heavy atom. The lowest BCUT2D eigenvalue weighted by atomic mass is 9.97. The van der Waals surface area contributed by atoms with Crippen LogP contribution in [0.5, 0.6) is 0 Å². The van der Waals surface area contributed by atoms with Crippen LogP contribution in [0, 0.1) is 11.6 Å². The molecule has 3 aromatic rings. The first-order valence-electron chi connectivity index (χ1n) is 13.1. The normalized spacial score (nSPS) is 17.5. The monoisotopic (exact) mass is 566 g/mol. The number of benzene rings is 3. The number of morpholine rings is 1. The molecule has 0 saturated carbocycles. The second-order valence-electron chi connectivity index (χ2n) is 9.67. The Balaban J connectivity index is 1.44. The zero-order chi connectivity index (χ0) is 28.1. The number of ether oxygens (including phenoxy) is 1. The Labute approximate surface area is 236 Å². The molecule has 10 heteroatoms. The Bertz CT molecular complexity index is 1410. The van der Waals surface area contributed by atoms with E-state index in [4.69, 9.17) is 16.3 Å². The van der Waals surface area contributed by atoms with Crippen molar-refractivity contribution in [3.63, 3.8) is 0 Å². The summed E-state index contributed by atoms with van der Waals surface area (Å²) in [6.07, 6.45) is 0.125. The van der Waals surface area contributed by atoms with Gasteiger partial charge in [0.1, 0.15) is 18.2 Å². The van der Waals surface area contributed by atoms with Crippen molar-refractivity contribution in [1.82, 2.24) is 14.8 Å². The first-order valence-corrected chi connectivity index (χ1v) is 13.5. The summed E-state index contributed by atoms with van der Waals surface area (Å²) >= 11 is 6.33. The maximum Gasteiger partial charge on any atom is 0.262 e. The average molecular weight is 567 g/mol. The zero-order valence-corrected chi connectivity index (χ0v) is 22.6. The van der Waals surface area contributed by atoms with Gasteiger partial charge in [-0.3, -0.25) is 14.5 Å². The van der Waals surface area contributed by atoms with E-state index in [2.05, 4.69) is 10.0 Å². The molecular formula is C30H29ClF2N4O3. The molecule has 40 heavy (non-hydrogen) atoms. The van der Waals surface area contributed by atoms with Gasteiger partial charge < -0.3 is 9.64 Å². The van der Waals surface area contributed by atoms with Gasteiger partial charge in [0.2, 0.25) is 0 Å².